The van der Waals surface area contributed by atoms with Crippen LogP contribution in [-0.2, 0) is 4.79 Å². The van der Waals surface area contributed by atoms with Gasteiger partial charge in [0.2, 0.25) is 5.91 Å². The van der Waals surface area contributed by atoms with E-state index in [0.29, 0.717) is 48.9 Å². The second kappa shape index (κ2) is 7.45. The molecule has 5 fully saturated rings. The highest BCUT2D eigenvalue weighted by molar-refractivity contribution is 5.85. The van der Waals surface area contributed by atoms with Crippen LogP contribution >= 0.6 is 0 Å². The van der Waals surface area contributed by atoms with Crippen molar-refractivity contribution in [3.63, 3.8) is 0 Å². The average Bonchev–Trinajstić information content (AvgIpc) is 3.27. The predicted molar refractivity (Wildman–Crippen MR) is 124 cm³/mol. The molecule has 0 spiro atoms. The maximum absolute atomic E-state index is 13.7. The summed E-state index contributed by atoms with van der Waals surface area (Å²) in [5, 5.41) is 8.54. The quantitative estimate of drug-likeness (QED) is 0.596. The summed E-state index contributed by atoms with van der Waals surface area (Å²) in [6.45, 7) is 2.81. The molecule has 4 bridgehead atoms. The standard InChI is InChI=1S/C25H28FN7O/c26-19-2-1-3-20(11-19)33-23-21(29-30-33)22(27-15-28-23)31-4-6-32(7-5-31)24(34)25-12-16-8-17(13-25)10-18(9-16)14-25/h1-3,11,15-18H,4-10,12-14H2. The molecule has 176 valence electrons. The van der Waals surface area contributed by atoms with E-state index in [1.54, 1.807) is 12.1 Å². The van der Waals surface area contributed by atoms with Gasteiger partial charge in [-0.2, -0.15) is 4.68 Å². The Labute approximate surface area is 197 Å². The Morgan fingerprint density at radius 2 is 1.68 bits per heavy atom. The van der Waals surface area contributed by atoms with E-state index < -0.39 is 0 Å². The van der Waals surface area contributed by atoms with E-state index in [4.69, 9.17) is 0 Å². The third-order valence-electron chi connectivity index (χ3n) is 8.63. The van der Waals surface area contributed by atoms with Gasteiger partial charge in [-0.05, 0) is 74.5 Å². The van der Waals surface area contributed by atoms with E-state index in [9.17, 15) is 9.18 Å². The van der Waals surface area contributed by atoms with E-state index in [-0.39, 0.29) is 11.2 Å². The van der Waals surface area contributed by atoms with Crippen LogP contribution in [0.4, 0.5) is 10.2 Å². The van der Waals surface area contributed by atoms with Gasteiger partial charge >= 0.3 is 0 Å². The SMILES string of the molecule is O=C(N1CCN(c2ncnc3c2nnn3-c2cccc(F)c2)CC1)C12CC3CC(CC(C3)C1)C2. The summed E-state index contributed by atoms with van der Waals surface area (Å²) in [5.41, 5.74) is 1.61. The van der Waals surface area contributed by atoms with Gasteiger partial charge in [-0.25, -0.2) is 14.4 Å². The molecule has 8 rings (SSSR count). The molecule has 0 atom stereocenters. The summed E-state index contributed by atoms with van der Waals surface area (Å²) in [6.07, 6.45) is 8.86. The predicted octanol–water partition coefficient (Wildman–Crippen LogP) is 3.21. The van der Waals surface area contributed by atoms with Gasteiger partial charge in [0, 0.05) is 26.2 Å². The van der Waals surface area contributed by atoms with E-state index in [1.165, 1.54) is 42.4 Å². The lowest BCUT2D eigenvalue weighted by atomic mass is 9.49. The van der Waals surface area contributed by atoms with Gasteiger partial charge in [0.25, 0.3) is 0 Å². The van der Waals surface area contributed by atoms with Crippen LogP contribution in [-0.4, -0.2) is 61.9 Å². The highest BCUT2D eigenvalue weighted by Gasteiger charge is 2.55. The van der Waals surface area contributed by atoms with Crippen molar-refractivity contribution >= 4 is 22.9 Å². The molecule has 1 saturated heterocycles. The van der Waals surface area contributed by atoms with Crippen LogP contribution in [0.25, 0.3) is 16.9 Å². The number of hydrogen-bond acceptors (Lipinski definition) is 6. The molecule has 4 aliphatic carbocycles. The fourth-order valence-corrected chi connectivity index (χ4v) is 7.58. The molecule has 1 amide bonds. The smallest absolute Gasteiger partial charge is 0.228 e. The average molecular weight is 462 g/mol. The minimum absolute atomic E-state index is 0.0905. The Morgan fingerprint density at radius 3 is 2.35 bits per heavy atom. The molecule has 3 heterocycles. The number of anilines is 1. The maximum Gasteiger partial charge on any atom is 0.228 e. The van der Waals surface area contributed by atoms with Crippen LogP contribution in [0.5, 0.6) is 0 Å². The van der Waals surface area contributed by atoms with Gasteiger partial charge in [0.1, 0.15) is 12.1 Å². The van der Waals surface area contributed by atoms with Crippen molar-refractivity contribution in [2.24, 2.45) is 23.2 Å². The number of halogens is 1. The van der Waals surface area contributed by atoms with Crippen molar-refractivity contribution in [1.82, 2.24) is 29.9 Å². The number of piperazine rings is 1. The van der Waals surface area contributed by atoms with Crippen molar-refractivity contribution < 1.29 is 9.18 Å². The van der Waals surface area contributed by atoms with Crippen molar-refractivity contribution in [3.05, 3.63) is 36.4 Å². The highest BCUT2D eigenvalue weighted by atomic mass is 19.1. The number of carbonyl (C=O) groups excluding carboxylic acids is 1. The van der Waals surface area contributed by atoms with Crippen molar-refractivity contribution in [1.29, 1.82) is 0 Å². The molecule has 4 saturated carbocycles. The summed E-state index contributed by atoms with van der Waals surface area (Å²) < 4.78 is 15.3. The van der Waals surface area contributed by atoms with Gasteiger partial charge in [-0.3, -0.25) is 4.79 Å². The number of nitrogens with zero attached hydrogens (tertiary/aromatic N) is 7. The number of aromatic nitrogens is 5. The van der Waals surface area contributed by atoms with Gasteiger partial charge in [-0.15, -0.1) is 5.10 Å². The monoisotopic (exact) mass is 461 g/mol. The molecule has 5 aliphatic rings. The Balaban J connectivity index is 1.10. The lowest BCUT2D eigenvalue weighted by molar-refractivity contribution is -0.158. The maximum atomic E-state index is 13.7. The zero-order valence-electron chi connectivity index (χ0n) is 19.1. The number of carbonyl (C=O) groups is 1. The van der Waals surface area contributed by atoms with Crippen LogP contribution in [0.3, 0.4) is 0 Å². The molecular weight excluding hydrogens is 433 g/mol. The van der Waals surface area contributed by atoms with Gasteiger partial charge in [0.15, 0.2) is 17.0 Å². The largest absolute Gasteiger partial charge is 0.351 e. The van der Waals surface area contributed by atoms with E-state index in [0.717, 1.165) is 42.8 Å². The summed E-state index contributed by atoms with van der Waals surface area (Å²) >= 11 is 0. The first-order valence-electron chi connectivity index (χ1n) is 12.4. The molecule has 9 heteroatoms. The molecule has 0 N–H and O–H groups in total. The van der Waals surface area contributed by atoms with Crippen LogP contribution in [0, 0.1) is 29.0 Å². The van der Waals surface area contributed by atoms with Gasteiger partial charge in [-0.1, -0.05) is 11.3 Å². The van der Waals surface area contributed by atoms with Crippen molar-refractivity contribution in [2.45, 2.75) is 38.5 Å². The zero-order chi connectivity index (χ0) is 22.9. The Bertz CT molecular complexity index is 1230. The first kappa shape index (κ1) is 20.3. The molecule has 2 aromatic heterocycles. The minimum Gasteiger partial charge on any atom is -0.351 e. The molecule has 34 heavy (non-hydrogen) atoms. The molecule has 3 aromatic rings. The Kier molecular flexibility index (Phi) is 4.45. The summed E-state index contributed by atoms with van der Waals surface area (Å²) in [5.74, 6) is 3.09. The number of fused-ring (bicyclic) bond motifs is 1. The Hall–Kier alpha value is -3.10. The van der Waals surface area contributed by atoms with Crippen LogP contribution in [0.15, 0.2) is 30.6 Å². The minimum atomic E-state index is -0.338. The van der Waals surface area contributed by atoms with Crippen LogP contribution < -0.4 is 4.90 Å². The highest BCUT2D eigenvalue weighted by Crippen LogP contribution is 2.60. The molecule has 0 unspecified atom stereocenters. The zero-order valence-corrected chi connectivity index (χ0v) is 19.1. The summed E-state index contributed by atoms with van der Waals surface area (Å²) in [7, 11) is 0. The Morgan fingerprint density at radius 1 is 0.971 bits per heavy atom. The fourth-order valence-electron chi connectivity index (χ4n) is 7.58. The summed E-state index contributed by atoms with van der Waals surface area (Å²) in [6, 6.07) is 6.21. The first-order chi connectivity index (χ1) is 16.6. The number of benzene rings is 1. The number of amides is 1. The van der Waals surface area contributed by atoms with E-state index in [2.05, 4.69) is 30.1 Å². The third-order valence-corrected chi connectivity index (χ3v) is 8.63. The summed E-state index contributed by atoms with van der Waals surface area (Å²) in [4.78, 5) is 26.9. The van der Waals surface area contributed by atoms with E-state index >= 15 is 0 Å². The second-order valence-electron chi connectivity index (χ2n) is 10.8. The molecule has 1 aliphatic heterocycles. The first-order valence-corrected chi connectivity index (χ1v) is 12.4. The second-order valence-corrected chi connectivity index (χ2v) is 10.8. The van der Waals surface area contributed by atoms with E-state index in [1.807, 2.05) is 0 Å². The van der Waals surface area contributed by atoms with Crippen LogP contribution in [0.1, 0.15) is 38.5 Å². The number of rotatable bonds is 3. The van der Waals surface area contributed by atoms with Gasteiger partial charge in [0.05, 0.1) is 11.1 Å². The fraction of sp³-hybridized carbons (Fsp3) is 0.560. The van der Waals surface area contributed by atoms with Crippen molar-refractivity contribution in [3.8, 4) is 5.69 Å². The molecule has 1 aromatic carbocycles. The molecule has 8 nitrogen and oxygen atoms in total. The molecule has 0 radical (unpaired) electrons. The number of hydrogen-bond donors (Lipinski definition) is 0. The topological polar surface area (TPSA) is 80.0 Å². The third kappa shape index (κ3) is 3.12. The lowest BCUT2D eigenvalue weighted by Crippen LogP contribution is -2.58. The lowest BCUT2D eigenvalue weighted by Gasteiger charge is -2.57. The van der Waals surface area contributed by atoms with Crippen LogP contribution in [0.2, 0.25) is 0 Å². The molecular formula is C25H28FN7O. The van der Waals surface area contributed by atoms with Gasteiger partial charge < -0.3 is 9.80 Å². The normalized spacial score (nSPS) is 30.3. The van der Waals surface area contributed by atoms with Crippen molar-refractivity contribution in [2.75, 3.05) is 31.1 Å².